The molecular formula is C26H22ClN3OS. The first kappa shape index (κ1) is 20.7. The Hall–Kier alpha value is -3.15. The zero-order valence-corrected chi connectivity index (χ0v) is 19.1. The lowest BCUT2D eigenvalue weighted by Gasteiger charge is -2.31. The molecule has 1 aliphatic rings. The average molecular weight is 460 g/mol. The van der Waals surface area contributed by atoms with Gasteiger partial charge in [0.05, 0.1) is 18.3 Å². The van der Waals surface area contributed by atoms with Gasteiger partial charge in [0.15, 0.2) is 0 Å². The number of halogens is 1. The minimum atomic E-state index is -0.243. The van der Waals surface area contributed by atoms with Crippen molar-refractivity contribution in [3.63, 3.8) is 0 Å². The second-order valence-corrected chi connectivity index (χ2v) is 8.99. The number of nitrogens with zero attached hydrogens (tertiary/aromatic N) is 2. The zero-order valence-electron chi connectivity index (χ0n) is 17.5. The van der Waals surface area contributed by atoms with Crippen LogP contribution in [0.4, 0.5) is 10.5 Å². The number of aromatic nitrogens is 1. The fourth-order valence-electron chi connectivity index (χ4n) is 4.24. The number of hydrogen-bond acceptors (Lipinski definition) is 2. The van der Waals surface area contributed by atoms with E-state index in [2.05, 4.69) is 64.8 Å². The lowest BCUT2D eigenvalue weighted by Crippen LogP contribution is -2.37. The van der Waals surface area contributed by atoms with Crippen molar-refractivity contribution in [3.05, 3.63) is 113 Å². The van der Waals surface area contributed by atoms with E-state index < -0.39 is 0 Å². The molecule has 0 spiro atoms. The minimum Gasteiger partial charge on any atom is -0.318 e. The Kier molecular flexibility index (Phi) is 5.68. The summed E-state index contributed by atoms with van der Waals surface area (Å²) < 4.78 is 2.19. The van der Waals surface area contributed by atoms with Gasteiger partial charge in [0.1, 0.15) is 0 Å². The van der Waals surface area contributed by atoms with Crippen LogP contribution in [0.15, 0.2) is 96.0 Å². The maximum absolute atomic E-state index is 13.6. The molecule has 0 unspecified atom stereocenters. The smallest absolute Gasteiger partial charge is 0.318 e. The quantitative estimate of drug-likeness (QED) is 0.335. The van der Waals surface area contributed by atoms with Gasteiger partial charge in [-0.15, -0.1) is 11.8 Å². The van der Waals surface area contributed by atoms with E-state index in [1.54, 1.807) is 23.9 Å². The predicted octanol–water partition coefficient (Wildman–Crippen LogP) is 6.99. The molecule has 0 fully saturated rings. The van der Waals surface area contributed by atoms with E-state index in [1.165, 1.54) is 4.90 Å². The lowest BCUT2D eigenvalue weighted by molar-refractivity contribution is 0.194. The SMILES string of the molecule is CSc1ccc([C@H]2c3cccn3-c3ccccc3CN2C(=O)Nc2cccc(Cl)c2)cc1. The summed E-state index contributed by atoms with van der Waals surface area (Å²) in [4.78, 5) is 16.7. The molecule has 32 heavy (non-hydrogen) atoms. The van der Waals surface area contributed by atoms with Crippen molar-refractivity contribution < 1.29 is 4.79 Å². The van der Waals surface area contributed by atoms with Crippen LogP contribution in [0.2, 0.25) is 5.02 Å². The van der Waals surface area contributed by atoms with Crippen LogP contribution in [0.3, 0.4) is 0 Å². The van der Waals surface area contributed by atoms with Gasteiger partial charge in [-0.05, 0) is 65.9 Å². The summed E-state index contributed by atoms with van der Waals surface area (Å²) in [5, 5.41) is 3.63. The van der Waals surface area contributed by atoms with Gasteiger partial charge in [-0.1, -0.05) is 48.0 Å². The summed E-state index contributed by atoms with van der Waals surface area (Å²) in [6.07, 6.45) is 4.13. The molecule has 1 N–H and O–H groups in total. The second-order valence-electron chi connectivity index (χ2n) is 7.68. The van der Waals surface area contributed by atoms with Gasteiger partial charge >= 0.3 is 6.03 Å². The van der Waals surface area contributed by atoms with E-state index in [0.717, 1.165) is 22.5 Å². The maximum atomic E-state index is 13.6. The lowest BCUT2D eigenvalue weighted by atomic mass is 10.0. The summed E-state index contributed by atoms with van der Waals surface area (Å²) in [5.74, 6) is 0. The molecule has 0 saturated heterocycles. The largest absolute Gasteiger partial charge is 0.322 e. The molecule has 160 valence electrons. The third-order valence-electron chi connectivity index (χ3n) is 5.73. The van der Waals surface area contributed by atoms with Crippen molar-refractivity contribution in [2.75, 3.05) is 11.6 Å². The normalized spacial score (nSPS) is 14.9. The highest BCUT2D eigenvalue weighted by molar-refractivity contribution is 7.98. The van der Waals surface area contributed by atoms with Crippen LogP contribution in [-0.4, -0.2) is 21.8 Å². The number of anilines is 1. The van der Waals surface area contributed by atoms with Crippen molar-refractivity contribution in [2.45, 2.75) is 17.5 Å². The number of nitrogens with one attached hydrogen (secondary N) is 1. The second kappa shape index (κ2) is 8.77. The van der Waals surface area contributed by atoms with Crippen molar-refractivity contribution >= 4 is 35.1 Å². The molecule has 5 rings (SSSR count). The highest BCUT2D eigenvalue weighted by Gasteiger charge is 2.33. The highest BCUT2D eigenvalue weighted by atomic mass is 35.5. The molecule has 4 aromatic rings. The Morgan fingerprint density at radius 2 is 1.81 bits per heavy atom. The number of carbonyl (C=O) groups is 1. The molecule has 2 heterocycles. The minimum absolute atomic E-state index is 0.171. The fraction of sp³-hybridized carbons (Fsp3) is 0.115. The molecule has 0 radical (unpaired) electrons. The van der Waals surface area contributed by atoms with Gasteiger partial charge in [-0.3, -0.25) is 0 Å². The van der Waals surface area contributed by atoms with Crippen LogP contribution < -0.4 is 5.32 Å². The van der Waals surface area contributed by atoms with Crippen molar-refractivity contribution in [3.8, 4) is 5.69 Å². The summed E-state index contributed by atoms with van der Waals surface area (Å²) in [6, 6.07) is 27.6. The van der Waals surface area contributed by atoms with E-state index in [-0.39, 0.29) is 12.1 Å². The number of benzene rings is 3. The summed E-state index contributed by atoms with van der Waals surface area (Å²) in [7, 11) is 0. The monoisotopic (exact) mass is 459 g/mol. The molecule has 2 amide bonds. The van der Waals surface area contributed by atoms with Gasteiger partial charge in [0.2, 0.25) is 0 Å². The van der Waals surface area contributed by atoms with Crippen LogP contribution >= 0.6 is 23.4 Å². The van der Waals surface area contributed by atoms with Gasteiger partial charge in [0.25, 0.3) is 0 Å². The topological polar surface area (TPSA) is 37.3 Å². The van der Waals surface area contributed by atoms with Crippen LogP contribution in [0.5, 0.6) is 0 Å². The third kappa shape index (κ3) is 3.90. The first-order valence-corrected chi connectivity index (χ1v) is 12.0. The summed E-state index contributed by atoms with van der Waals surface area (Å²) >= 11 is 7.85. The molecule has 1 aliphatic heterocycles. The van der Waals surface area contributed by atoms with E-state index in [1.807, 2.05) is 35.2 Å². The number of urea groups is 1. The van der Waals surface area contributed by atoms with Gasteiger partial charge in [0, 0.05) is 27.5 Å². The van der Waals surface area contributed by atoms with Gasteiger partial charge in [-0.2, -0.15) is 0 Å². The van der Waals surface area contributed by atoms with E-state index in [0.29, 0.717) is 17.3 Å². The number of rotatable bonds is 3. The van der Waals surface area contributed by atoms with E-state index in [4.69, 9.17) is 11.6 Å². The van der Waals surface area contributed by atoms with Crippen LogP contribution in [-0.2, 0) is 6.54 Å². The van der Waals surface area contributed by atoms with Gasteiger partial charge < -0.3 is 14.8 Å². The van der Waals surface area contributed by atoms with Gasteiger partial charge in [-0.25, -0.2) is 4.79 Å². The number of carbonyl (C=O) groups excluding carboxylic acids is 1. The molecule has 4 nitrogen and oxygen atoms in total. The standard InChI is InChI=1S/C26H22ClN3OS/c1-32-22-13-11-18(12-14-22)25-24-10-5-15-29(24)23-9-3-2-6-19(23)17-30(25)26(31)28-21-8-4-7-20(27)16-21/h2-16,25H,17H2,1H3,(H,28,31)/t25-/m0/s1. The Bertz CT molecular complexity index is 1270. The molecule has 1 atom stereocenters. The zero-order chi connectivity index (χ0) is 22.1. The van der Waals surface area contributed by atoms with E-state index in [9.17, 15) is 4.79 Å². The Balaban J connectivity index is 1.62. The van der Waals surface area contributed by atoms with Crippen LogP contribution in [0, 0.1) is 0 Å². The maximum Gasteiger partial charge on any atom is 0.322 e. The average Bonchev–Trinajstić information content (AvgIpc) is 3.23. The summed E-state index contributed by atoms with van der Waals surface area (Å²) in [5.41, 5.74) is 4.97. The molecule has 3 aromatic carbocycles. The van der Waals surface area contributed by atoms with Crippen molar-refractivity contribution in [2.24, 2.45) is 0 Å². The third-order valence-corrected chi connectivity index (χ3v) is 6.71. The molecular weight excluding hydrogens is 438 g/mol. The van der Waals surface area contributed by atoms with E-state index >= 15 is 0 Å². The molecule has 0 bridgehead atoms. The van der Waals surface area contributed by atoms with Crippen LogP contribution in [0.25, 0.3) is 5.69 Å². The van der Waals surface area contributed by atoms with Crippen LogP contribution in [0.1, 0.15) is 22.9 Å². The molecule has 0 saturated carbocycles. The van der Waals surface area contributed by atoms with Crippen molar-refractivity contribution in [1.82, 2.24) is 9.47 Å². The first-order chi connectivity index (χ1) is 15.6. The molecule has 0 aliphatic carbocycles. The number of hydrogen-bond donors (Lipinski definition) is 1. The predicted molar refractivity (Wildman–Crippen MR) is 132 cm³/mol. The van der Waals surface area contributed by atoms with Crippen molar-refractivity contribution in [1.29, 1.82) is 0 Å². The fourth-order valence-corrected chi connectivity index (χ4v) is 4.84. The number of thioether (sulfide) groups is 1. The number of amides is 2. The Morgan fingerprint density at radius 1 is 1.00 bits per heavy atom. The summed E-state index contributed by atoms with van der Waals surface area (Å²) in [6.45, 7) is 0.485. The highest BCUT2D eigenvalue weighted by Crippen LogP contribution is 2.37. The Labute approximate surface area is 196 Å². The molecule has 6 heteroatoms. The Morgan fingerprint density at radius 3 is 2.59 bits per heavy atom. The first-order valence-electron chi connectivity index (χ1n) is 10.4. The number of fused-ring (bicyclic) bond motifs is 3. The number of para-hydroxylation sites is 1. The molecule has 1 aromatic heterocycles.